The first-order chi connectivity index (χ1) is 8.87. The molecule has 4 heteroatoms. The molecule has 1 aliphatic rings. The van der Waals surface area contributed by atoms with Crippen LogP contribution in [0.1, 0.15) is 31.9 Å². The van der Waals surface area contributed by atoms with Gasteiger partial charge in [0.15, 0.2) is 5.60 Å². The van der Waals surface area contributed by atoms with Crippen LogP contribution in [0.15, 0.2) is 24.3 Å². The summed E-state index contributed by atoms with van der Waals surface area (Å²) >= 11 is 0. The van der Waals surface area contributed by atoms with Crippen molar-refractivity contribution in [2.24, 2.45) is 5.41 Å². The van der Waals surface area contributed by atoms with Crippen LogP contribution in [0, 0.1) is 16.7 Å². The summed E-state index contributed by atoms with van der Waals surface area (Å²) in [5.41, 5.74) is 0.434. The SMILES string of the molecule is CC(C)(C)C(=O)OC1(c2ccc(C#N)cc2)CNC1. The predicted octanol–water partition coefficient (Wildman–Crippen LogP) is 1.95. The molecule has 1 N–H and O–H groups in total. The molecule has 0 spiro atoms. The van der Waals surface area contributed by atoms with Crippen molar-refractivity contribution in [3.8, 4) is 6.07 Å². The Morgan fingerprint density at radius 1 is 1.32 bits per heavy atom. The first-order valence-corrected chi connectivity index (χ1v) is 6.32. The van der Waals surface area contributed by atoms with Crippen molar-refractivity contribution < 1.29 is 9.53 Å². The molecular formula is C15H18N2O2. The van der Waals surface area contributed by atoms with E-state index in [4.69, 9.17) is 10.00 Å². The lowest BCUT2D eigenvalue weighted by Gasteiger charge is -2.43. The summed E-state index contributed by atoms with van der Waals surface area (Å²) in [6.07, 6.45) is 0. The van der Waals surface area contributed by atoms with Crippen LogP contribution in [0.5, 0.6) is 0 Å². The third kappa shape index (κ3) is 2.61. The largest absolute Gasteiger partial charge is 0.451 e. The van der Waals surface area contributed by atoms with E-state index >= 15 is 0 Å². The minimum atomic E-state index is -0.585. The molecule has 1 aromatic rings. The van der Waals surface area contributed by atoms with Crippen molar-refractivity contribution in [1.82, 2.24) is 5.32 Å². The zero-order valence-electron chi connectivity index (χ0n) is 11.5. The van der Waals surface area contributed by atoms with Crippen LogP contribution >= 0.6 is 0 Å². The normalized spacial score (nSPS) is 17.2. The molecule has 100 valence electrons. The van der Waals surface area contributed by atoms with Gasteiger partial charge in [-0.15, -0.1) is 0 Å². The van der Waals surface area contributed by atoms with Gasteiger partial charge in [-0.1, -0.05) is 12.1 Å². The average Bonchev–Trinajstić information content (AvgIpc) is 2.32. The molecule has 1 aromatic carbocycles. The monoisotopic (exact) mass is 258 g/mol. The van der Waals surface area contributed by atoms with Gasteiger partial charge in [0.25, 0.3) is 0 Å². The number of hydrogen-bond donors (Lipinski definition) is 1. The van der Waals surface area contributed by atoms with Crippen LogP contribution in [-0.4, -0.2) is 19.1 Å². The second kappa shape index (κ2) is 4.67. The van der Waals surface area contributed by atoms with E-state index in [0.717, 1.165) is 5.56 Å². The van der Waals surface area contributed by atoms with E-state index in [2.05, 4.69) is 11.4 Å². The van der Waals surface area contributed by atoms with Gasteiger partial charge in [0, 0.05) is 13.1 Å². The number of esters is 1. The number of nitrogens with one attached hydrogen (secondary N) is 1. The highest BCUT2D eigenvalue weighted by Crippen LogP contribution is 2.33. The molecule has 0 aromatic heterocycles. The maximum Gasteiger partial charge on any atom is 0.312 e. The lowest BCUT2D eigenvalue weighted by atomic mass is 9.86. The maximum atomic E-state index is 12.1. The van der Waals surface area contributed by atoms with E-state index in [0.29, 0.717) is 18.7 Å². The van der Waals surface area contributed by atoms with E-state index in [9.17, 15) is 4.79 Å². The van der Waals surface area contributed by atoms with Crippen molar-refractivity contribution in [3.63, 3.8) is 0 Å². The molecule has 19 heavy (non-hydrogen) atoms. The summed E-state index contributed by atoms with van der Waals surface area (Å²) in [4.78, 5) is 12.1. The smallest absolute Gasteiger partial charge is 0.312 e. The summed E-state index contributed by atoms with van der Waals surface area (Å²) in [5, 5.41) is 12.0. The standard InChI is InChI=1S/C15H18N2O2/c1-14(2,3)13(18)19-15(9-17-10-15)12-6-4-11(8-16)5-7-12/h4-7,17H,9-10H2,1-3H3. The Bertz CT molecular complexity index is 517. The summed E-state index contributed by atoms with van der Waals surface area (Å²) in [6, 6.07) is 9.30. The predicted molar refractivity (Wildman–Crippen MR) is 71.3 cm³/mol. The van der Waals surface area contributed by atoms with Gasteiger partial charge < -0.3 is 10.1 Å². The number of carbonyl (C=O) groups excluding carboxylic acids is 1. The fourth-order valence-corrected chi connectivity index (χ4v) is 1.87. The Kier molecular flexibility index (Phi) is 3.34. The number of rotatable bonds is 2. The second-order valence-electron chi connectivity index (χ2n) is 5.93. The first kappa shape index (κ1) is 13.6. The Balaban J connectivity index is 2.23. The molecule has 4 nitrogen and oxygen atoms in total. The second-order valence-corrected chi connectivity index (χ2v) is 5.93. The fourth-order valence-electron chi connectivity index (χ4n) is 1.87. The van der Waals surface area contributed by atoms with E-state index in [-0.39, 0.29) is 5.97 Å². The van der Waals surface area contributed by atoms with E-state index < -0.39 is 11.0 Å². The van der Waals surface area contributed by atoms with Gasteiger partial charge in [-0.3, -0.25) is 4.79 Å². The third-order valence-electron chi connectivity index (χ3n) is 3.26. The molecule has 1 saturated heterocycles. The van der Waals surface area contributed by atoms with Crippen molar-refractivity contribution in [2.45, 2.75) is 26.4 Å². The summed E-state index contributed by atoms with van der Waals surface area (Å²) < 4.78 is 5.71. The molecule has 0 bridgehead atoms. The zero-order chi connectivity index (χ0) is 14.1. The molecule has 0 unspecified atom stereocenters. The van der Waals surface area contributed by atoms with Gasteiger partial charge >= 0.3 is 5.97 Å². The Morgan fingerprint density at radius 2 is 1.89 bits per heavy atom. The quantitative estimate of drug-likeness (QED) is 0.823. The fraction of sp³-hybridized carbons (Fsp3) is 0.467. The average molecular weight is 258 g/mol. The van der Waals surface area contributed by atoms with Gasteiger partial charge in [0.1, 0.15) is 0 Å². The zero-order valence-corrected chi connectivity index (χ0v) is 11.5. The molecule has 1 fully saturated rings. The Hall–Kier alpha value is -1.86. The first-order valence-electron chi connectivity index (χ1n) is 6.32. The summed E-state index contributed by atoms with van der Waals surface area (Å²) in [7, 11) is 0. The Labute approximate surface area is 113 Å². The van der Waals surface area contributed by atoms with Crippen LogP contribution in [0.25, 0.3) is 0 Å². The molecule has 1 aliphatic heterocycles. The van der Waals surface area contributed by atoms with Crippen LogP contribution in [-0.2, 0) is 15.1 Å². The molecule has 2 rings (SSSR count). The van der Waals surface area contributed by atoms with Gasteiger partial charge in [-0.25, -0.2) is 0 Å². The minimum absolute atomic E-state index is 0.210. The highest BCUT2D eigenvalue weighted by atomic mass is 16.6. The van der Waals surface area contributed by atoms with Gasteiger partial charge in [-0.05, 0) is 38.5 Å². The summed E-state index contributed by atoms with van der Waals surface area (Å²) in [6.45, 7) is 6.75. The lowest BCUT2D eigenvalue weighted by Crippen LogP contribution is -2.60. The molecule has 0 radical (unpaired) electrons. The third-order valence-corrected chi connectivity index (χ3v) is 3.26. The number of carbonyl (C=O) groups is 1. The lowest BCUT2D eigenvalue weighted by molar-refractivity contribution is -0.177. The van der Waals surface area contributed by atoms with Gasteiger partial charge in [0.2, 0.25) is 0 Å². The molecule has 1 heterocycles. The highest BCUT2D eigenvalue weighted by molar-refractivity contribution is 5.76. The van der Waals surface area contributed by atoms with Crippen molar-refractivity contribution in [3.05, 3.63) is 35.4 Å². The van der Waals surface area contributed by atoms with Crippen LogP contribution in [0.4, 0.5) is 0 Å². The number of ether oxygens (including phenoxy) is 1. The minimum Gasteiger partial charge on any atom is -0.451 e. The molecule has 0 atom stereocenters. The van der Waals surface area contributed by atoms with Crippen LogP contribution < -0.4 is 5.32 Å². The number of hydrogen-bond acceptors (Lipinski definition) is 4. The van der Waals surface area contributed by atoms with E-state index in [1.165, 1.54) is 0 Å². The van der Waals surface area contributed by atoms with Gasteiger partial charge in [0.05, 0.1) is 17.0 Å². The molecular weight excluding hydrogens is 240 g/mol. The van der Waals surface area contributed by atoms with Crippen molar-refractivity contribution >= 4 is 5.97 Å². The Morgan fingerprint density at radius 3 is 2.26 bits per heavy atom. The van der Waals surface area contributed by atoms with Crippen LogP contribution in [0.2, 0.25) is 0 Å². The maximum absolute atomic E-state index is 12.1. The number of nitrogens with zero attached hydrogens (tertiary/aromatic N) is 1. The van der Waals surface area contributed by atoms with E-state index in [1.54, 1.807) is 12.1 Å². The number of benzene rings is 1. The summed E-state index contributed by atoms with van der Waals surface area (Å²) in [5.74, 6) is -0.210. The van der Waals surface area contributed by atoms with Crippen molar-refractivity contribution in [1.29, 1.82) is 5.26 Å². The molecule has 0 saturated carbocycles. The van der Waals surface area contributed by atoms with E-state index in [1.807, 2.05) is 32.9 Å². The molecule has 0 aliphatic carbocycles. The topological polar surface area (TPSA) is 62.1 Å². The van der Waals surface area contributed by atoms with Gasteiger partial charge in [-0.2, -0.15) is 5.26 Å². The molecule has 0 amide bonds. The highest BCUT2D eigenvalue weighted by Gasteiger charge is 2.44. The number of nitriles is 1. The van der Waals surface area contributed by atoms with Crippen molar-refractivity contribution in [2.75, 3.05) is 13.1 Å². The van der Waals surface area contributed by atoms with Crippen LogP contribution in [0.3, 0.4) is 0 Å².